The average Bonchev–Trinajstić information content (AvgIpc) is 3.65. The molecule has 0 bridgehead atoms. The molecule has 10 heteroatoms. The molecule has 41 heavy (non-hydrogen) atoms. The van der Waals surface area contributed by atoms with Gasteiger partial charge in [0.1, 0.15) is 0 Å². The van der Waals surface area contributed by atoms with Crippen molar-refractivity contribution in [3.8, 4) is 5.88 Å². The minimum absolute atomic E-state index is 0.0406. The lowest BCUT2D eigenvalue weighted by Crippen LogP contribution is -2.48. The van der Waals surface area contributed by atoms with Crippen molar-refractivity contribution in [2.75, 3.05) is 64.9 Å². The molecule has 0 spiro atoms. The van der Waals surface area contributed by atoms with E-state index < -0.39 is 7.12 Å². The SMILES string of the molecule is CN1CCN(CC(=O)N(C)c2ccc(N=C(c3ccccc3)c3c(O)[nH]c4cc(B5OCCO5)ccc34)cc2)CC1. The van der Waals surface area contributed by atoms with E-state index >= 15 is 0 Å². The van der Waals surface area contributed by atoms with Crippen LogP contribution < -0.4 is 10.4 Å². The molecule has 210 valence electrons. The van der Waals surface area contributed by atoms with Crippen molar-refractivity contribution in [1.29, 1.82) is 0 Å². The second-order valence-electron chi connectivity index (χ2n) is 10.6. The fourth-order valence-electron chi connectivity index (χ4n) is 5.33. The number of nitrogens with one attached hydrogen (secondary N) is 1. The van der Waals surface area contributed by atoms with E-state index in [0.29, 0.717) is 36.7 Å². The molecule has 2 aliphatic heterocycles. The summed E-state index contributed by atoms with van der Waals surface area (Å²) in [6, 6.07) is 23.3. The van der Waals surface area contributed by atoms with Crippen LogP contribution in [-0.4, -0.2) is 98.7 Å². The van der Waals surface area contributed by atoms with Gasteiger partial charge in [-0.1, -0.05) is 42.5 Å². The van der Waals surface area contributed by atoms with Crippen molar-refractivity contribution >= 4 is 46.5 Å². The summed E-state index contributed by atoms with van der Waals surface area (Å²) >= 11 is 0. The van der Waals surface area contributed by atoms with Crippen LogP contribution in [-0.2, 0) is 14.1 Å². The lowest BCUT2D eigenvalue weighted by Gasteiger charge is -2.32. The van der Waals surface area contributed by atoms with Crippen molar-refractivity contribution < 1.29 is 19.2 Å². The predicted molar refractivity (Wildman–Crippen MR) is 163 cm³/mol. The lowest BCUT2D eigenvalue weighted by atomic mass is 9.79. The number of likely N-dealkylation sites (N-methyl/N-ethyl adjacent to an activating group) is 2. The fraction of sp³-hybridized carbons (Fsp3) is 0.290. The van der Waals surface area contributed by atoms with Crippen LogP contribution in [0.5, 0.6) is 5.88 Å². The maximum Gasteiger partial charge on any atom is 0.494 e. The third-order valence-corrected chi connectivity index (χ3v) is 7.79. The molecule has 0 radical (unpaired) electrons. The summed E-state index contributed by atoms with van der Waals surface area (Å²) < 4.78 is 11.3. The topological polar surface area (TPSA) is 93.6 Å². The van der Waals surface area contributed by atoms with Crippen LogP contribution in [0.25, 0.3) is 10.9 Å². The minimum atomic E-state index is -0.402. The molecule has 3 heterocycles. The number of aromatic hydroxyl groups is 1. The average molecular weight is 551 g/mol. The van der Waals surface area contributed by atoms with E-state index in [2.05, 4.69) is 21.8 Å². The van der Waals surface area contributed by atoms with Crippen LogP contribution >= 0.6 is 0 Å². The second kappa shape index (κ2) is 11.9. The third kappa shape index (κ3) is 5.91. The maximum absolute atomic E-state index is 13.0. The first-order chi connectivity index (χ1) is 20.0. The molecule has 2 saturated heterocycles. The zero-order valence-corrected chi connectivity index (χ0v) is 23.4. The number of aliphatic imine (C=N–C) groups is 1. The number of hydrogen-bond acceptors (Lipinski definition) is 7. The van der Waals surface area contributed by atoms with Crippen LogP contribution in [0.1, 0.15) is 11.1 Å². The molecular formula is C31H34BN5O4. The van der Waals surface area contributed by atoms with Gasteiger partial charge in [-0.3, -0.25) is 9.69 Å². The molecule has 0 aliphatic carbocycles. The van der Waals surface area contributed by atoms with E-state index in [4.69, 9.17) is 14.3 Å². The van der Waals surface area contributed by atoms with Crippen LogP contribution in [0.3, 0.4) is 0 Å². The Balaban J connectivity index is 1.28. The van der Waals surface area contributed by atoms with Gasteiger partial charge >= 0.3 is 7.12 Å². The van der Waals surface area contributed by atoms with E-state index in [-0.39, 0.29) is 11.8 Å². The van der Waals surface area contributed by atoms with Gasteiger partial charge in [-0.05, 0) is 42.8 Å². The van der Waals surface area contributed by atoms with Crippen molar-refractivity contribution in [2.45, 2.75) is 0 Å². The van der Waals surface area contributed by atoms with Gasteiger partial charge in [0, 0.05) is 55.4 Å². The molecule has 0 saturated carbocycles. The van der Waals surface area contributed by atoms with Gasteiger partial charge in [0.2, 0.25) is 5.91 Å². The van der Waals surface area contributed by atoms with E-state index in [0.717, 1.165) is 53.8 Å². The molecule has 4 aromatic rings. The number of anilines is 1. The quantitative estimate of drug-likeness (QED) is 0.271. The molecule has 3 aromatic carbocycles. The number of aromatic nitrogens is 1. The zero-order chi connectivity index (χ0) is 28.3. The molecule has 0 atom stereocenters. The normalized spacial score (nSPS) is 16.9. The summed E-state index contributed by atoms with van der Waals surface area (Å²) in [5.41, 5.74) is 5.32. The van der Waals surface area contributed by atoms with Gasteiger partial charge in [-0.15, -0.1) is 0 Å². The standard InChI is InChI=1S/C31H34BN5O4/c1-35-14-16-37(17-15-35)21-28(38)36(2)25-11-9-24(10-12-25)33-30(22-6-4-3-5-7-22)29-26-13-8-23(32-40-18-19-41-32)20-27(26)34-31(29)39/h3-13,20,34,39H,14-19,21H2,1-2H3. The van der Waals surface area contributed by atoms with E-state index in [9.17, 15) is 9.90 Å². The number of amides is 1. The number of piperazine rings is 1. The Bertz CT molecular complexity index is 1540. The molecule has 6 rings (SSSR count). The van der Waals surface area contributed by atoms with Crippen LogP contribution in [0.15, 0.2) is 77.8 Å². The van der Waals surface area contributed by atoms with E-state index in [1.165, 1.54) is 0 Å². The Morgan fingerprint density at radius 1 is 1.00 bits per heavy atom. The number of H-pyrrole nitrogens is 1. The zero-order valence-electron chi connectivity index (χ0n) is 23.4. The van der Waals surface area contributed by atoms with Gasteiger partial charge in [0.05, 0.1) is 36.7 Å². The Hall–Kier alpha value is -3.96. The summed E-state index contributed by atoms with van der Waals surface area (Å²) in [6.07, 6.45) is 0. The first-order valence-electron chi connectivity index (χ1n) is 14.0. The molecule has 1 aromatic heterocycles. The number of carbonyl (C=O) groups is 1. The Morgan fingerprint density at radius 3 is 2.41 bits per heavy atom. The largest absolute Gasteiger partial charge is 0.494 e. The number of nitrogens with zero attached hydrogens (tertiary/aromatic N) is 4. The van der Waals surface area contributed by atoms with Gasteiger partial charge in [0.15, 0.2) is 5.88 Å². The smallest absolute Gasteiger partial charge is 0.494 e. The monoisotopic (exact) mass is 551 g/mol. The number of aromatic amines is 1. The lowest BCUT2D eigenvalue weighted by molar-refractivity contribution is -0.119. The van der Waals surface area contributed by atoms with Crippen LogP contribution in [0.2, 0.25) is 0 Å². The molecule has 9 nitrogen and oxygen atoms in total. The van der Waals surface area contributed by atoms with Gasteiger partial charge in [-0.2, -0.15) is 0 Å². The van der Waals surface area contributed by atoms with Crippen molar-refractivity contribution in [1.82, 2.24) is 14.8 Å². The third-order valence-electron chi connectivity index (χ3n) is 7.79. The Labute approximate surface area is 240 Å². The summed E-state index contributed by atoms with van der Waals surface area (Å²) in [5.74, 6) is 0.103. The highest BCUT2D eigenvalue weighted by molar-refractivity contribution is 6.62. The Kier molecular flexibility index (Phi) is 7.89. The molecular weight excluding hydrogens is 517 g/mol. The van der Waals surface area contributed by atoms with E-state index in [1.54, 1.807) is 4.90 Å². The van der Waals surface area contributed by atoms with Crippen molar-refractivity contribution in [3.05, 3.63) is 83.9 Å². The van der Waals surface area contributed by atoms with Crippen LogP contribution in [0, 0.1) is 0 Å². The molecule has 2 N–H and O–H groups in total. The van der Waals surface area contributed by atoms with Gasteiger partial charge < -0.3 is 29.2 Å². The minimum Gasteiger partial charge on any atom is -0.494 e. The van der Waals surface area contributed by atoms with Crippen molar-refractivity contribution in [3.63, 3.8) is 0 Å². The molecule has 1 amide bonds. The fourth-order valence-corrected chi connectivity index (χ4v) is 5.33. The highest BCUT2D eigenvalue weighted by atomic mass is 16.6. The molecule has 2 aliphatic rings. The predicted octanol–water partition coefficient (Wildman–Crippen LogP) is 2.99. The van der Waals surface area contributed by atoms with Crippen molar-refractivity contribution in [2.24, 2.45) is 4.99 Å². The number of carbonyl (C=O) groups excluding carboxylic acids is 1. The molecule has 2 fully saturated rings. The summed E-state index contributed by atoms with van der Waals surface area (Å²) in [7, 11) is 3.52. The number of hydrogen-bond donors (Lipinski definition) is 2. The summed E-state index contributed by atoms with van der Waals surface area (Å²) in [4.78, 5) is 27.3. The number of fused-ring (bicyclic) bond motifs is 1. The second-order valence-corrected chi connectivity index (χ2v) is 10.6. The first kappa shape index (κ1) is 27.2. The van der Waals surface area contributed by atoms with Gasteiger partial charge in [0.25, 0.3) is 0 Å². The number of benzene rings is 3. The number of rotatable bonds is 7. The van der Waals surface area contributed by atoms with Crippen LogP contribution in [0.4, 0.5) is 11.4 Å². The first-order valence-corrected chi connectivity index (χ1v) is 14.0. The Morgan fingerprint density at radius 2 is 1.71 bits per heavy atom. The maximum atomic E-state index is 13.0. The highest BCUT2D eigenvalue weighted by Gasteiger charge is 2.28. The van der Waals surface area contributed by atoms with E-state index in [1.807, 2.05) is 79.8 Å². The molecule has 0 unspecified atom stereocenters. The van der Waals surface area contributed by atoms with Gasteiger partial charge in [-0.25, -0.2) is 4.99 Å². The highest BCUT2D eigenvalue weighted by Crippen LogP contribution is 2.32. The summed E-state index contributed by atoms with van der Waals surface area (Å²) in [6.45, 7) is 5.28. The summed E-state index contributed by atoms with van der Waals surface area (Å²) in [5, 5.41) is 11.9.